The fourth-order valence-corrected chi connectivity index (χ4v) is 0.603. The van der Waals surface area contributed by atoms with Crippen molar-refractivity contribution in [3.8, 4) is 0 Å². The number of allylic oxidation sites excluding steroid dienone is 4. The van der Waals surface area contributed by atoms with Crippen LogP contribution >= 0.6 is 15.9 Å². The summed E-state index contributed by atoms with van der Waals surface area (Å²) in [4.78, 5) is 4.13. The van der Waals surface area contributed by atoms with Crippen molar-refractivity contribution in [2.24, 2.45) is 4.99 Å². The van der Waals surface area contributed by atoms with Gasteiger partial charge >= 0.3 is 0 Å². The summed E-state index contributed by atoms with van der Waals surface area (Å²) >= 11 is 3.27. The second-order valence-electron chi connectivity index (χ2n) is 1.99. The lowest BCUT2D eigenvalue weighted by Gasteiger charge is -1.86. The van der Waals surface area contributed by atoms with Gasteiger partial charge in [-0.05, 0) is 35.9 Å². The molecular formula is C9H12BrN. The molecule has 0 N–H and O–H groups in total. The molecule has 11 heavy (non-hydrogen) atoms. The number of hydrogen-bond donors (Lipinski definition) is 0. The third kappa shape index (κ3) is 5.80. The Bertz CT molecular complexity index is 212. The minimum Gasteiger partial charge on any atom is -0.260 e. The summed E-state index contributed by atoms with van der Waals surface area (Å²) in [6.07, 6.45) is 7.32. The largest absolute Gasteiger partial charge is 0.260 e. The molecule has 0 atom stereocenters. The summed E-state index contributed by atoms with van der Waals surface area (Å²) < 4.78 is 0.890. The van der Waals surface area contributed by atoms with E-state index in [4.69, 9.17) is 0 Å². The topological polar surface area (TPSA) is 12.4 Å². The zero-order valence-corrected chi connectivity index (χ0v) is 8.43. The Kier molecular flexibility index (Phi) is 5.75. The highest BCUT2D eigenvalue weighted by atomic mass is 79.9. The molecule has 0 aromatic rings. The normalized spacial score (nSPS) is 14.1. The predicted molar refractivity (Wildman–Crippen MR) is 55.1 cm³/mol. The van der Waals surface area contributed by atoms with E-state index < -0.39 is 0 Å². The lowest BCUT2D eigenvalue weighted by Crippen LogP contribution is -1.80. The lowest BCUT2D eigenvalue weighted by atomic mass is 10.4. The van der Waals surface area contributed by atoms with Gasteiger partial charge in [0.05, 0.1) is 0 Å². The molecule has 0 heterocycles. The molecule has 0 saturated heterocycles. The number of rotatable bonds is 3. The highest BCUT2D eigenvalue weighted by molar-refractivity contribution is 9.11. The van der Waals surface area contributed by atoms with Crippen LogP contribution in [0.2, 0.25) is 0 Å². The van der Waals surface area contributed by atoms with Gasteiger partial charge in [0.25, 0.3) is 0 Å². The maximum absolute atomic E-state index is 4.13. The highest BCUT2D eigenvalue weighted by Crippen LogP contribution is 2.04. The van der Waals surface area contributed by atoms with Crippen molar-refractivity contribution in [1.82, 2.24) is 0 Å². The Morgan fingerprint density at radius 2 is 2.18 bits per heavy atom. The first kappa shape index (κ1) is 10.4. The van der Waals surface area contributed by atoms with Gasteiger partial charge in [-0.15, -0.1) is 0 Å². The van der Waals surface area contributed by atoms with E-state index in [0.29, 0.717) is 0 Å². The van der Waals surface area contributed by atoms with E-state index in [1.165, 1.54) is 0 Å². The summed E-state index contributed by atoms with van der Waals surface area (Å²) in [6.45, 7) is 7.49. The molecule has 0 unspecified atom stereocenters. The highest BCUT2D eigenvalue weighted by Gasteiger charge is 1.80. The Morgan fingerprint density at radius 3 is 2.64 bits per heavy atom. The average molecular weight is 214 g/mol. The van der Waals surface area contributed by atoms with Crippen LogP contribution in [0.25, 0.3) is 0 Å². The van der Waals surface area contributed by atoms with Gasteiger partial charge in [-0.3, -0.25) is 4.99 Å². The van der Waals surface area contributed by atoms with E-state index in [0.717, 1.165) is 10.2 Å². The molecule has 0 rings (SSSR count). The third-order valence-electron chi connectivity index (χ3n) is 0.994. The van der Waals surface area contributed by atoms with Crippen LogP contribution in [0.5, 0.6) is 0 Å². The Morgan fingerprint density at radius 1 is 1.55 bits per heavy atom. The first-order valence-corrected chi connectivity index (χ1v) is 4.15. The summed E-state index contributed by atoms with van der Waals surface area (Å²) in [7, 11) is 0. The van der Waals surface area contributed by atoms with Crippen molar-refractivity contribution >= 4 is 21.6 Å². The van der Waals surface area contributed by atoms with Gasteiger partial charge in [0.1, 0.15) is 0 Å². The van der Waals surface area contributed by atoms with Gasteiger partial charge in [0.15, 0.2) is 0 Å². The van der Waals surface area contributed by atoms with Crippen molar-refractivity contribution in [1.29, 1.82) is 0 Å². The first-order chi connectivity index (χ1) is 5.20. The maximum Gasteiger partial charge on any atom is 0.0413 e. The van der Waals surface area contributed by atoms with Gasteiger partial charge in [-0.25, -0.2) is 0 Å². The summed E-state index contributed by atoms with van der Waals surface area (Å²) in [5, 5.41) is 0. The molecular weight excluding hydrogens is 202 g/mol. The summed E-state index contributed by atoms with van der Waals surface area (Å²) in [5.74, 6) is 0. The Hall–Kier alpha value is -0.630. The van der Waals surface area contributed by atoms with E-state index in [1.54, 1.807) is 12.3 Å². The van der Waals surface area contributed by atoms with Crippen LogP contribution in [-0.4, -0.2) is 5.71 Å². The van der Waals surface area contributed by atoms with Gasteiger partial charge in [0.2, 0.25) is 0 Å². The summed E-state index contributed by atoms with van der Waals surface area (Å²) in [6, 6.07) is 0. The first-order valence-electron chi connectivity index (χ1n) is 3.36. The predicted octanol–water partition coefficient (Wildman–Crippen LogP) is 3.45. The molecule has 0 bridgehead atoms. The van der Waals surface area contributed by atoms with E-state index >= 15 is 0 Å². The van der Waals surface area contributed by atoms with Crippen molar-refractivity contribution in [2.45, 2.75) is 13.8 Å². The molecule has 60 valence electrons. The van der Waals surface area contributed by atoms with Crippen LogP contribution in [0.15, 0.2) is 40.5 Å². The molecule has 1 nitrogen and oxygen atoms in total. The average Bonchev–Trinajstić information content (AvgIpc) is 2.01. The molecule has 0 aromatic carbocycles. The van der Waals surface area contributed by atoms with Crippen LogP contribution in [0.4, 0.5) is 0 Å². The smallest absolute Gasteiger partial charge is 0.0413 e. The quantitative estimate of drug-likeness (QED) is 0.504. The second kappa shape index (κ2) is 6.10. The third-order valence-corrected chi connectivity index (χ3v) is 1.52. The number of nitrogens with zero attached hydrogens (tertiary/aromatic N) is 1. The van der Waals surface area contributed by atoms with Crippen molar-refractivity contribution in [2.75, 3.05) is 0 Å². The molecule has 0 fully saturated rings. The molecule has 0 aliphatic rings. The van der Waals surface area contributed by atoms with Gasteiger partial charge < -0.3 is 0 Å². The van der Waals surface area contributed by atoms with Crippen molar-refractivity contribution in [3.63, 3.8) is 0 Å². The molecule has 0 saturated carbocycles. The van der Waals surface area contributed by atoms with Crippen LogP contribution < -0.4 is 0 Å². The number of aliphatic imine (C=N–C) groups is 1. The molecule has 0 amide bonds. The van der Waals surface area contributed by atoms with Crippen LogP contribution in [-0.2, 0) is 0 Å². The van der Waals surface area contributed by atoms with Crippen LogP contribution in [0.3, 0.4) is 0 Å². The number of hydrogen-bond acceptors (Lipinski definition) is 1. The van der Waals surface area contributed by atoms with Gasteiger partial charge in [-0.1, -0.05) is 18.7 Å². The summed E-state index contributed by atoms with van der Waals surface area (Å²) in [5.41, 5.74) is 0.978. The monoisotopic (exact) mass is 213 g/mol. The van der Waals surface area contributed by atoms with E-state index in [2.05, 4.69) is 27.5 Å². The molecule has 0 radical (unpaired) electrons. The fraction of sp³-hybridized carbons (Fsp3) is 0.222. The van der Waals surface area contributed by atoms with E-state index in [9.17, 15) is 0 Å². The molecule has 0 aliphatic carbocycles. The Labute approximate surface area is 76.4 Å². The van der Waals surface area contributed by atoms with Gasteiger partial charge in [-0.2, -0.15) is 0 Å². The number of halogens is 1. The SMILES string of the molecule is C=C\C(Br)=C/N=C(C)/C=C/C. The molecule has 0 aromatic heterocycles. The molecule has 0 aliphatic heterocycles. The standard InChI is InChI=1S/C9H12BrN/c1-4-6-8(3)11-7-9(10)5-2/h4-7H,2H2,1,3H3/b6-4+,9-7+,11-8+. The fourth-order valence-electron chi connectivity index (χ4n) is 0.500. The minimum absolute atomic E-state index is 0.890. The van der Waals surface area contributed by atoms with Crippen LogP contribution in [0, 0.1) is 0 Å². The zero-order valence-electron chi connectivity index (χ0n) is 6.84. The lowest BCUT2D eigenvalue weighted by molar-refractivity contribution is 1.52. The minimum atomic E-state index is 0.890. The maximum atomic E-state index is 4.13. The zero-order chi connectivity index (χ0) is 8.69. The van der Waals surface area contributed by atoms with E-state index in [1.807, 2.05) is 26.0 Å². The van der Waals surface area contributed by atoms with Crippen molar-refractivity contribution in [3.05, 3.63) is 35.5 Å². The molecule has 2 heteroatoms. The van der Waals surface area contributed by atoms with Crippen molar-refractivity contribution < 1.29 is 0 Å². The molecule has 0 spiro atoms. The second-order valence-corrected chi connectivity index (χ2v) is 2.90. The Balaban J connectivity index is 4.21. The van der Waals surface area contributed by atoms with Crippen LogP contribution in [0.1, 0.15) is 13.8 Å². The van der Waals surface area contributed by atoms with E-state index in [-0.39, 0.29) is 0 Å². The van der Waals surface area contributed by atoms with Gasteiger partial charge in [0, 0.05) is 16.4 Å².